The number of nitrogens with one attached hydrogen (secondary N) is 1. The second-order valence-corrected chi connectivity index (χ2v) is 34.2. The van der Waals surface area contributed by atoms with Gasteiger partial charge in [-0.2, -0.15) is 39.5 Å². The molecule has 0 bridgehead atoms. The summed E-state index contributed by atoms with van der Waals surface area (Å²) in [4.78, 5) is 63.2. The predicted molar refractivity (Wildman–Crippen MR) is 374 cm³/mol. The van der Waals surface area contributed by atoms with E-state index >= 15 is 0 Å². The molecular formula is C73H94F9N11O9S2. The third-order valence-corrected chi connectivity index (χ3v) is 25.8. The zero-order valence-electron chi connectivity index (χ0n) is 60.6. The summed E-state index contributed by atoms with van der Waals surface area (Å²) < 4.78 is 182. The lowest BCUT2D eigenvalue weighted by Crippen LogP contribution is -2.59. The molecule has 31 heteroatoms. The number of amides is 4. The second-order valence-electron chi connectivity index (χ2n) is 29.4. The Morgan fingerprint density at radius 1 is 0.529 bits per heavy atom. The molecule has 0 unspecified atom stereocenters. The van der Waals surface area contributed by atoms with Gasteiger partial charge in [-0.15, -0.1) is 0 Å². The normalized spacial score (nSPS) is 18.5. The molecule has 3 spiro atoms. The van der Waals surface area contributed by atoms with Gasteiger partial charge >= 0.3 is 18.5 Å². The molecular weight excluding hydrogens is 1410 g/mol. The summed E-state index contributed by atoms with van der Waals surface area (Å²) in [6, 6.07) is 23.9. The summed E-state index contributed by atoms with van der Waals surface area (Å²) in [5, 5.41) is 3.40. The van der Waals surface area contributed by atoms with Gasteiger partial charge < -0.3 is 43.4 Å². The molecule has 12 rings (SSSR count). The molecule has 6 aliphatic heterocycles. The van der Waals surface area contributed by atoms with E-state index < -0.39 is 76.8 Å². The minimum atomic E-state index is -4.46. The minimum Gasteiger partial charge on any atom is -0.491 e. The lowest BCUT2D eigenvalue weighted by atomic mass is 9.80. The maximum atomic E-state index is 13.7. The molecule has 9 heterocycles. The van der Waals surface area contributed by atoms with Gasteiger partial charge in [0.1, 0.15) is 22.8 Å². The lowest BCUT2D eigenvalue weighted by molar-refractivity contribution is -0.146. The Hall–Kier alpha value is -7.71. The molecule has 3 aromatic heterocycles. The van der Waals surface area contributed by atoms with E-state index in [-0.39, 0.29) is 67.1 Å². The SMILES string of the molecule is CN1CCn2c(C(F)(F)F)ccc2C12CCN(C(=O)c1ccc(S(=O)(=O)C(C)(C)C)cc1)CC2.Cc1cc(C(=O)N2CCC3(CC2)NCCn2c(C(F)(F)F)ccc23)ccc1S(=O)(=O)N(C)C.Cc1cc(C(=O)N2CCC3(CC2)c2ccc(C(F)(F)F)n2CCN3CC(=O)N(C)C)ccc1OC(C)C.[HH]. The number of halogens is 9. The summed E-state index contributed by atoms with van der Waals surface area (Å²) in [5.74, 6) is 0.0809. The van der Waals surface area contributed by atoms with Crippen molar-refractivity contribution < 1.29 is 81.7 Å². The van der Waals surface area contributed by atoms with Crippen LogP contribution >= 0.6 is 0 Å². The summed E-state index contributed by atoms with van der Waals surface area (Å²) >= 11 is 0. The minimum absolute atomic E-state index is 0. The van der Waals surface area contributed by atoms with Crippen LogP contribution in [0, 0.1) is 13.8 Å². The number of hydrogen-bond acceptors (Lipinski definition) is 12. The van der Waals surface area contributed by atoms with Gasteiger partial charge in [0.05, 0.1) is 43.8 Å². The Morgan fingerprint density at radius 2 is 0.952 bits per heavy atom. The van der Waals surface area contributed by atoms with Crippen molar-refractivity contribution in [1.82, 2.24) is 52.7 Å². The first-order chi connectivity index (χ1) is 48.4. The number of aromatic nitrogens is 3. The fraction of sp³-hybridized carbons (Fsp3) is 0.534. The number of sulfone groups is 1. The fourth-order valence-electron chi connectivity index (χ4n) is 15.4. The molecule has 570 valence electrons. The summed E-state index contributed by atoms with van der Waals surface area (Å²) in [6.07, 6.45) is -10.3. The molecule has 6 aliphatic rings. The molecule has 0 saturated carbocycles. The number of rotatable bonds is 10. The molecule has 3 fully saturated rings. The highest BCUT2D eigenvalue weighted by Crippen LogP contribution is 2.48. The van der Waals surface area contributed by atoms with Crippen LogP contribution in [0.25, 0.3) is 0 Å². The number of alkyl halides is 9. The number of hydrogen-bond donors (Lipinski definition) is 1. The van der Waals surface area contributed by atoms with Gasteiger partial charge in [0.2, 0.25) is 15.9 Å². The standard InChI is InChI=1S/C27H35F3N4O3.C24H30F3N3O3S.C22H27F3N4O3S.H2/c1-18(2)37-21-7-6-20(16-19(21)3)25(36)32-12-10-26(11-13-32)22-8-9-23(27(28,29)30)34(22)15-14-33(26)17-24(35)31(4)5;1-22(2,3)34(32,33)18-7-5-17(6-8-18)21(31)29-13-11-23(12-14-29)19-9-10-20(24(25,26)27)30(19)16-15-28(23)4;1-15-14-16(4-5-17(15)33(31,32)27(2)3)20(30)28-11-8-21(9-12-28)18-6-7-19(22(23,24)25)29(18)13-10-26-21;/h6-9,16,18H,10-15,17H2,1-5H3;5-10H,11-16H2,1-4H3;4-7,14,26H,8-13H2,1-3H3;1H. The number of sulfonamides is 1. The van der Waals surface area contributed by atoms with Gasteiger partial charge in [0.15, 0.2) is 9.84 Å². The average molecular weight is 1500 g/mol. The number of aryl methyl sites for hydroxylation is 2. The van der Waals surface area contributed by atoms with Crippen LogP contribution in [0.3, 0.4) is 0 Å². The molecule has 104 heavy (non-hydrogen) atoms. The number of nitrogens with zero attached hydrogens (tertiary/aromatic N) is 10. The summed E-state index contributed by atoms with van der Waals surface area (Å²) in [5.41, 5.74) is 0.670. The van der Waals surface area contributed by atoms with Gasteiger partial charge in [-0.1, -0.05) is 0 Å². The van der Waals surface area contributed by atoms with Crippen molar-refractivity contribution in [2.45, 2.75) is 162 Å². The van der Waals surface area contributed by atoms with Crippen molar-refractivity contribution in [2.75, 3.05) is 101 Å². The van der Waals surface area contributed by atoms with Gasteiger partial charge in [-0.25, -0.2) is 21.1 Å². The van der Waals surface area contributed by atoms with E-state index in [2.05, 4.69) is 10.2 Å². The van der Waals surface area contributed by atoms with Gasteiger partial charge in [0, 0.05) is 142 Å². The van der Waals surface area contributed by atoms with Crippen molar-refractivity contribution in [3.8, 4) is 5.75 Å². The highest BCUT2D eigenvalue weighted by atomic mass is 32.2. The van der Waals surface area contributed by atoms with Crippen molar-refractivity contribution >= 4 is 43.5 Å². The molecule has 6 aromatic rings. The Balaban J connectivity index is 0.000000182. The van der Waals surface area contributed by atoms with E-state index in [0.29, 0.717) is 137 Å². The Kier molecular flexibility index (Phi) is 22.2. The molecule has 20 nitrogen and oxygen atoms in total. The number of benzene rings is 3. The Morgan fingerprint density at radius 3 is 1.40 bits per heavy atom. The van der Waals surface area contributed by atoms with Crippen LogP contribution in [0.4, 0.5) is 39.5 Å². The van der Waals surface area contributed by atoms with Gasteiger partial charge in [0.25, 0.3) is 17.7 Å². The van der Waals surface area contributed by atoms with Crippen LogP contribution in [0.15, 0.2) is 107 Å². The third kappa shape index (κ3) is 15.3. The quantitative estimate of drug-likeness (QED) is 0.128. The molecule has 0 atom stereocenters. The number of ether oxygens (including phenoxy) is 1. The summed E-state index contributed by atoms with van der Waals surface area (Å²) in [6.45, 7) is 16.7. The van der Waals surface area contributed by atoms with Crippen molar-refractivity contribution in [1.29, 1.82) is 0 Å². The van der Waals surface area contributed by atoms with Crippen LogP contribution in [-0.2, 0) is 79.4 Å². The fourth-order valence-corrected chi connectivity index (χ4v) is 17.7. The first-order valence-corrected chi connectivity index (χ1v) is 37.6. The molecule has 0 radical (unpaired) electrons. The molecule has 3 saturated heterocycles. The largest absolute Gasteiger partial charge is 0.491 e. The van der Waals surface area contributed by atoms with Crippen LogP contribution in [0.1, 0.15) is 151 Å². The summed E-state index contributed by atoms with van der Waals surface area (Å²) in [7, 11) is 1.04. The molecule has 3 aromatic carbocycles. The van der Waals surface area contributed by atoms with E-state index in [1.165, 1.54) is 69.1 Å². The molecule has 4 amide bonds. The monoisotopic (exact) mass is 1500 g/mol. The predicted octanol–water partition coefficient (Wildman–Crippen LogP) is 11.3. The zero-order valence-corrected chi connectivity index (χ0v) is 62.2. The van der Waals surface area contributed by atoms with E-state index in [4.69, 9.17) is 4.74 Å². The zero-order chi connectivity index (χ0) is 76.4. The smallest absolute Gasteiger partial charge is 0.431 e. The number of carbonyl (C=O) groups excluding carboxylic acids is 4. The van der Waals surface area contributed by atoms with Gasteiger partial charge in [-0.05, 0) is 202 Å². The first kappa shape index (κ1) is 78.9. The van der Waals surface area contributed by atoms with Crippen LogP contribution in [-0.4, -0.2) is 199 Å². The average Bonchev–Trinajstić information content (AvgIpc) is 1.51. The Bertz CT molecular complexity index is 4420. The first-order valence-electron chi connectivity index (χ1n) is 34.6. The van der Waals surface area contributed by atoms with E-state index in [9.17, 15) is 75.5 Å². The highest BCUT2D eigenvalue weighted by Gasteiger charge is 2.52. The van der Waals surface area contributed by atoms with Crippen LogP contribution < -0.4 is 10.1 Å². The maximum Gasteiger partial charge on any atom is 0.431 e. The number of likely N-dealkylation sites (tertiary alicyclic amines) is 3. The van der Waals surface area contributed by atoms with Crippen LogP contribution in [0.2, 0.25) is 0 Å². The van der Waals surface area contributed by atoms with Crippen molar-refractivity contribution in [2.24, 2.45) is 0 Å². The maximum absolute atomic E-state index is 13.7. The number of fused-ring (bicyclic) bond motifs is 6. The molecule has 0 aliphatic carbocycles. The third-order valence-electron chi connectivity index (χ3n) is 21.3. The number of piperidine rings is 3. The number of carbonyl (C=O) groups is 4. The van der Waals surface area contributed by atoms with E-state index in [0.717, 1.165) is 33.8 Å². The Labute approximate surface area is 603 Å². The van der Waals surface area contributed by atoms with E-state index in [1.807, 2.05) is 38.8 Å². The lowest BCUT2D eigenvalue weighted by Gasteiger charge is -2.52. The van der Waals surface area contributed by atoms with Crippen LogP contribution in [0.5, 0.6) is 5.75 Å². The van der Waals surface area contributed by atoms with Crippen molar-refractivity contribution in [3.63, 3.8) is 0 Å². The van der Waals surface area contributed by atoms with Gasteiger partial charge in [-0.3, -0.25) is 29.0 Å². The number of likely N-dealkylation sites (N-methyl/N-ethyl adjacent to an activating group) is 2. The molecule has 1 N–H and O–H groups in total. The van der Waals surface area contributed by atoms with E-state index in [1.54, 1.807) is 92.9 Å². The topological polar surface area (TPSA) is 195 Å². The second kappa shape index (κ2) is 29.2. The highest BCUT2D eigenvalue weighted by molar-refractivity contribution is 7.92. The van der Waals surface area contributed by atoms with Crippen molar-refractivity contribution in [3.05, 3.63) is 159 Å².